The standard InChI is InChI=1S/C10H7N5OS/c11-9(16)8-10(13-14-17-8)15-5-12-6-3-1-2-4-7(6)15/h1-5H,(H2,11,16). The van der Waals surface area contributed by atoms with E-state index in [1.807, 2.05) is 24.3 Å². The number of imidazole rings is 1. The number of carbonyl (C=O) groups excluding carboxylic acids is 1. The molecule has 0 fully saturated rings. The predicted octanol–water partition coefficient (Wildman–Crippen LogP) is 0.976. The first-order chi connectivity index (χ1) is 8.27. The molecule has 0 bridgehead atoms. The van der Waals surface area contributed by atoms with Gasteiger partial charge in [-0.25, -0.2) is 4.98 Å². The summed E-state index contributed by atoms with van der Waals surface area (Å²) in [4.78, 5) is 15.8. The van der Waals surface area contributed by atoms with Gasteiger partial charge in [0.2, 0.25) is 0 Å². The molecule has 0 radical (unpaired) electrons. The Labute approximate surface area is 99.9 Å². The summed E-state index contributed by atoms with van der Waals surface area (Å²) >= 11 is 0.980. The lowest BCUT2D eigenvalue weighted by molar-refractivity contribution is 0.100. The summed E-state index contributed by atoms with van der Waals surface area (Å²) in [5, 5.41) is 3.92. The molecule has 0 aliphatic heterocycles. The molecule has 1 aromatic carbocycles. The van der Waals surface area contributed by atoms with Crippen molar-refractivity contribution in [3.8, 4) is 5.82 Å². The van der Waals surface area contributed by atoms with Gasteiger partial charge in [-0.1, -0.05) is 16.6 Å². The third-order valence-electron chi connectivity index (χ3n) is 2.38. The van der Waals surface area contributed by atoms with Gasteiger partial charge in [0.15, 0.2) is 10.7 Å². The monoisotopic (exact) mass is 245 g/mol. The lowest BCUT2D eigenvalue weighted by atomic mass is 10.3. The second-order valence-corrected chi connectivity index (χ2v) is 4.15. The Kier molecular flexibility index (Phi) is 2.12. The van der Waals surface area contributed by atoms with Gasteiger partial charge in [-0.2, -0.15) is 0 Å². The molecule has 0 saturated carbocycles. The van der Waals surface area contributed by atoms with E-state index in [0.29, 0.717) is 10.7 Å². The predicted molar refractivity (Wildman–Crippen MR) is 63.1 cm³/mol. The highest BCUT2D eigenvalue weighted by Gasteiger charge is 2.16. The summed E-state index contributed by atoms with van der Waals surface area (Å²) in [5.74, 6) is -0.107. The third kappa shape index (κ3) is 1.48. The number of amides is 1. The van der Waals surface area contributed by atoms with E-state index in [2.05, 4.69) is 14.6 Å². The van der Waals surface area contributed by atoms with Crippen LogP contribution in [0.5, 0.6) is 0 Å². The highest BCUT2D eigenvalue weighted by atomic mass is 32.1. The van der Waals surface area contributed by atoms with E-state index in [-0.39, 0.29) is 0 Å². The number of hydrogen-bond donors (Lipinski definition) is 1. The van der Waals surface area contributed by atoms with Crippen molar-refractivity contribution in [3.05, 3.63) is 35.5 Å². The van der Waals surface area contributed by atoms with Gasteiger partial charge in [0, 0.05) is 0 Å². The van der Waals surface area contributed by atoms with Crippen molar-refractivity contribution in [2.45, 2.75) is 0 Å². The fraction of sp³-hybridized carbons (Fsp3) is 0. The Balaban J connectivity index is 2.28. The molecule has 1 amide bonds. The Hall–Kier alpha value is -2.28. The Morgan fingerprint density at radius 1 is 1.35 bits per heavy atom. The van der Waals surface area contributed by atoms with Crippen LogP contribution in [-0.2, 0) is 0 Å². The van der Waals surface area contributed by atoms with Gasteiger partial charge in [0.1, 0.15) is 6.33 Å². The molecule has 17 heavy (non-hydrogen) atoms. The smallest absolute Gasteiger partial charge is 0.264 e. The molecule has 0 spiro atoms. The number of fused-ring (bicyclic) bond motifs is 1. The van der Waals surface area contributed by atoms with Crippen molar-refractivity contribution in [1.82, 2.24) is 19.1 Å². The zero-order valence-corrected chi connectivity index (χ0v) is 9.39. The molecular weight excluding hydrogens is 238 g/mol. The fourth-order valence-corrected chi connectivity index (χ4v) is 2.14. The topological polar surface area (TPSA) is 86.7 Å². The van der Waals surface area contributed by atoms with Crippen LogP contribution in [0.25, 0.3) is 16.9 Å². The number of aromatic nitrogens is 4. The van der Waals surface area contributed by atoms with E-state index < -0.39 is 5.91 Å². The van der Waals surface area contributed by atoms with Gasteiger partial charge < -0.3 is 5.73 Å². The summed E-state index contributed by atoms with van der Waals surface area (Å²) in [5.41, 5.74) is 6.96. The zero-order valence-electron chi connectivity index (χ0n) is 8.57. The minimum Gasteiger partial charge on any atom is -0.365 e. The number of hydrogen-bond acceptors (Lipinski definition) is 5. The number of rotatable bonds is 2. The van der Waals surface area contributed by atoms with Crippen molar-refractivity contribution in [1.29, 1.82) is 0 Å². The summed E-state index contributed by atoms with van der Waals surface area (Å²) in [6, 6.07) is 7.57. The lowest BCUT2D eigenvalue weighted by Gasteiger charge is -2.00. The van der Waals surface area contributed by atoms with Crippen LogP contribution in [0, 0.1) is 0 Å². The molecule has 3 rings (SSSR count). The average Bonchev–Trinajstić information content (AvgIpc) is 2.94. The average molecular weight is 245 g/mol. The summed E-state index contributed by atoms with van der Waals surface area (Å²) in [7, 11) is 0. The molecule has 0 aliphatic carbocycles. The maximum atomic E-state index is 11.2. The van der Waals surface area contributed by atoms with Crippen molar-refractivity contribution < 1.29 is 4.79 Å². The second-order valence-electron chi connectivity index (χ2n) is 3.39. The number of nitrogens with zero attached hydrogens (tertiary/aromatic N) is 4. The molecule has 2 aromatic heterocycles. The molecule has 84 valence electrons. The SMILES string of the molecule is NC(=O)c1snnc1-n1cnc2ccccc21. The number of benzene rings is 1. The van der Waals surface area contributed by atoms with Crippen LogP contribution < -0.4 is 5.73 Å². The third-order valence-corrected chi connectivity index (χ3v) is 3.11. The highest BCUT2D eigenvalue weighted by Crippen LogP contribution is 2.20. The molecular formula is C10H7N5OS. The first-order valence-electron chi connectivity index (χ1n) is 4.82. The molecule has 6 nitrogen and oxygen atoms in total. The van der Waals surface area contributed by atoms with E-state index in [1.54, 1.807) is 10.9 Å². The molecule has 0 aliphatic rings. The van der Waals surface area contributed by atoms with Crippen LogP contribution in [-0.4, -0.2) is 25.0 Å². The summed E-state index contributed by atoms with van der Waals surface area (Å²) in [6.45, 7) is 0. The van der Waals surface area contributed by atoms with Gasteiger partial charge in [0.05, 0.1) is 11.0 Å². The van der Waals surface area contributed by atoms with Crippen molar-refractivity contribution in [2.75, 3.05) is 0 Å². The molecule has 0 unspecified atom stereocenters. The van der Waals surface area contributed by atoms with Crippen molar-refractivity contribution in [3.63, 3.8) is 0 Å². The van der Waals surface area contributed by atoms with Crippen LogP contribution in [0.2, 0.25) is 0 Å². The van der Waals surface area contributed by atoms with Crippen molar-refractivity contribution >= 4 is 28.5 Å². The fourth-order valence-electron chi connectivity index (χ4n) is 1.63. The van der Waals surface area contributed by atoms with Gasteiger partial charge in [-0.15, -0.1) is 5.10 Å². The maximum absolute atomic E-state index is 11.2. The van der Waals surface area contributed by atoms with Crippen molar-refractivity contribution in [2.24, 2.45) is 5.73 Å². The largest absolute Gasteiger partial charge is 0.365 e. The molecule has 2 N–H and O–H groups in total. The lowest BCUT2D eigenvalue weighted by Crippen LogP contribution is -2.12. The van der Waals surface area contributed by atoms with E-state index in [1.165, 1.54) is 0 Å². The first kappa shape index (κ1) is 9.91. The normalized spacial score (nSPS) is 10.8. The van der Waals surface area contributed by atoms with Gasteiger partial charge >= 0.3 is 0 Å². The minimum atomic E-state index is -0.534. The number of para-hydroxylation sites is 2. The molecule has 0 saturated heterocycles. The van der Waals surface area contributed by atoms with Crippen LogP contribution in [0.3, 0.4) is 0 Å². The number of carbonyl (C=O) groups is 1. The van der Waals surface area contributed by atoms with Crippen LogP contribution in [0.1, 0.15) is 9.67 Å². The van der Waals surface area contributed by atoms with Gasteiger partial charge in [0.25, 0.3) is 5.91 Å². The summed E-state index contributed by atoms with van der Waals surface area (Å²) in [6.07, 6.45) is 1.60. The quantitative estimate of drug-likeness (QED) is 0.729. The van der Waals surface area contributed by atoms with E-state index in [4.69, 9.17) is 5.73 Å². The highest BCUT2D eigenvalue weighted by molar-refractivity contribution is 7.08. The Morgan fingerprint density at radius 3 is 3.00 bits per heavy atom. The number of nitrogens with two attached hydrogens (primary N) is 1. The van der Waals surface area contributed by atoms with Crippen LogP contribution in [0.15, 0.2) is 30.6 Å². The van der Waals surface area contributed by atoms with Gasteiger partial charge in [-0.05, 0) is 23.7 Å². The molecule has 7 heteroatoms. The van der Waals surface area contributed by atoms with E-state index in [0.717, 1.165) is 22.6 Å². The number of primary amides is 1. The Morgan fingerprint density at radius 2 is 2.18 bits per heavy atom. The van der Waals surface area contributed by atoms with E-state index >= 15 is 0 Å². The minimum absolute atomic E-state index is 0.327. The van der Waals surface area contributed by atoms with Crippen LogP contribution >= 0.6 is 11.5 Å². The molecule has 3 aromatic rings. The van der Waals surface area contributed by atoms with E-state index in [9.17, 15) is 4.79 Å². The molecule has 2 heterocycles. The second kappa shape index (κ2) is 3.63. The first-order valence-corrected chi connectivity index (χ1v) is 5.59. The molecule has 0 atom stereocenters. The van der Waals surface area contributed by atoms with Gasteiger partial charge in [-0.3, -0.25) is 9.36 Å². The van der Waals surface area contributed by atoms with Crippen LogP contribution in [0.4, 0.5) is 0 Å². The Bertz CT molecular complexity index is 701. The zero-order chi connectivity index (χ0) is 11.8. The maximum Gasteiger partial charge on any atom is 0.264 e. The summed E-state index contributed by atoms with van der Waals surface area (Å²) < 4.78 is 5.46.